The van der Waals surface area contributed by atoms with Gasteiger partial charge in [-0.05, 0) is 27.7 Å². The molecule has 0 spiro atoms. The number of carbonyl (C=O) groups is 2. The molecule has 0 heterocycles. The van der Waals surface area contributed by atoms with E-state index in [4.69, 9.17) is 14.2 Å². The first-order valence-corrected chi connectivity index (χ1v) is 5.26. The van der Waals surface area contributed by atoms with Crippen LogP contribution in [-0.4, -0.2) is 31.8 Å². The summed E-state index contributed by atoms with van der Waals surface area (Å²) in [6.07, 6.45) is 0. The Morgan fingerprint density at radius 3 is 1.69 bits per heavy atom. The molecule has 5 heteroatoms. The molecule has 0 saturated heterocycles. The maximum atomic E-state index is 11.5. The van der Waals surface area contributed by atoms with E-state index in [1.807, 2.05) is 0 Å². The Morgan fingerprint density at radius 1 is 0.812 bits per heavy atom. The van der Waals surface area contributed by atoms with Crippen molar-refractivity contribution < 1.29 is 23.8 Å². The molecule has 16 heavy (non-hydrogen) atoms. The molecule has 0 N–H and O–H groups in total. The van der Waals surface area contributed by atoms with Crippen LogP contribution in [0.4, 0.5) is 0 Å². The fraction of sp³-hybridized carbons (Fsp3) is 0.636. The minimum Gasteiger partial charge on any atom is -0.486 e. The predicted molar refractivity (Wildman–Crippen MR) is 57.6 cm³/mol. The minimum absolute atomic E-state index is 0.0807. The monoisotopic (exact) mass is 230 g/mol. The summed E-state index contributed by atoms with van der Waals surface area (Å²) in [7, 11) is 0. The quantitative estimate of drug-likeness (QED) is 0.392. The largest absolute Gasteiger partial charge is 0.486 e. The lowest BCUT2D eigenvalue weighted by atomic mass is 10.2. The second-order valence-corrected chi connectivity index (χ2v) is 2.83. The van der Waals surface area contributed by atoms with E-state index in [1.165, 1.54) is 6.92 Å². The van der Waals surface area contributed by atoms with E-state index in [1.54, 1.807) is 20.8 Å². The summed E-state index contributed by atoms with van der Waals surface area (Å²) < 4.78 is 14.6. The van der Waals surface area contributed by atoms with Crippen LogP contribution in [0.2, 0.25) is 0 Å². The van der Waals surface area contributed by atoms with Gasteiger partial charge in [0.2, 0.25) is 5.76 Å². The highest BCUT2D eigenvalue weighted by atomic mass is 16.6. The van der Waals surface area contributed by atoms with Gasteiger partial charge in [-0.25, -0.2) is 9.59 Å². The molecule has 0 aliphatic heterocycles. The molecule has 0 amide bonds. The second-order valence-electron chi connectivity index (χ2n) is 2.83. The number of rotatable bonds is 6. The average molecular weight is 230 g/mol. The standard InChI is InChI=1S/C11H18O5/c1-5-14-9(11(13)16-7-3)8(4)10(12)15-6-2/h5-7H2,1-4H3/b9-8+. The zero-order chi connectivity index (χ0) is 12.6. The number of carbonyl (C=O) groups excluding carboxylic acids is 2. The van der Waals surface area contributed by atoms with E-state index >= 15 is 0 Å². The number of hydrogen-bond donors (Lipinski definition) is 0. The van der Waals surface area contributed by atoms with Crippen molar-refractivity contribution >= 4 is 11.9 Å². The first kappa shape index (κ1) is 14.5. The highest BCUT2D eigenvalue weighted by Gasteiger charge is 2.20. The summed E-state index contributed by atoms with van der Waals surface area (Å²) in [5, 5.41) is 0. The molecular weight excluding hydrogens is 212 g/mol. The lowest BCUT2D eigenvalue weighted by molar-refractivity contribution is -0.145. The molecule has 0 aromatic rings. The van der Waals surface area contributed by atoms with Gasteiger partial charge < -0.3 is 14.2 Å². The van der Waals surface area contributed by atoms with Gasteiger partial charge in [0.05, 0.1) is 25.4 Å². The SMILES string of the molecule is CCOC(=O)/C(C)=C(/OCC)C(=O)OCC. The zero-order valence-electron chi connectivity index (χ0n) is 10.2. The molecule has 0 atom stereocenters. The second kappa shape index (κ2) is 7.73. The van der Waals surface area contributed by atoms with Crippen molar-refractivity contribution in [3.05, 3.63) is 11.3 Å². The topological polar surface area (TPSA) is 61.8 Å². The van der Waals surface area contributed by atoms with Crippen molar-refractivity contribution in [1.82, 2.24) is 0 Å². The Balaban J connectivity index is 4.90. The van der Waals surface area contributed by atoms with Gasteiger partial charge in [-0.2, -0.15) is 0 Å². The molecule has 92 valence electrons. The summed E-state index contributed by atoms with van der Waals surface area (Å²) in [4.78, 5) is 22.9. The van der Waals surface area contributed by atoms with Crippen LogP contribution in [0.25, 0.3) is 0 Å². The molecule has 0 aromatic heterocycles. The number of hydrogen-bond acceptors (Lipinski definition) is 5. The van der Waals surface area contributed by atoms with E-state index in [0.29, 0.717) is 0 Å². The highest BCUT2D eigenvalue weighted by molar-refractivity contribution is 5.98. The molecule has 0 radical (unpaired) electrons. The Bertz CT molecular complexity index is 280. The third kappa shape index (κ3) is 4.33. The van der Waals surface area contributed by atoms with Gasteiger partial charge in [0.1, 0.15) is 0 Å². The van der Waals surface area contributed by atoms with Gasteiger partial charge in [0, 0.05) is 0 Å². The van der Waals surface area contributed by atoms with Crippen LogP contribution >= 0.6 is 0 Å². The molecule has 0 saturated carbocycles. The number of esters is 2. The fourth-order valence-corrected chi connectivity index (χ4v) is 0.993. The molecule has 5 nitrogen and oxygen atoms in total. The molecule has 0 bridgehead atoms. The van der Waals surface area contributed by atoms with Crippen LogP contribution in [-0.2, 0) is 23.8 Å². The van der Waals surface area contributed by atoms with E-state index in [-0.39, 0.29) is 31.2 Å². The van der Waals surface area contributed by atoms with Crippen molar-refractivity contribution in [2.45, 2.75) is 27.7 Å². The third-order valence-electron chi connectivity index (χ3n) is 1.67. The van der Waals surface area contributed by atoms with Gasteiger partial charge in [0.15, 0.2) is 0 Å². The fourth-order valence-electron chi connectivity index (χ4n) is 0.993. The maximum absolute atomic E-state index is 11.5. The van der Waals surface area contributed by atoms with E-state index in [0.717, 1.165) is 0 Å². The van der Waals surface area contributed by atoms with Crippen molar-refractivity contribution in [2.75, 3.05) is 19.8 Å². The van der Waals surface area contributed by atoms with Crippen LogP contribution in [0, 0.1) is 0 Å². The minimum atomic E-state index is -0.644. The first-order valence-electron chi connectivity index (χ1n) is 5.26. The van der Waals surface area contributed by atoms with Crippen molar-refractivity contribution in [1.29, 1.82) is 0 Å². The predicted octanol–water partition coefficient (Wildman–Crippen LogP) is 1.42. The zero-order valence-corrected chi connectivity index (χ0v) is 10.2. The molecule has 0 unspecified atom stereocenters. The summed E-state index contributed by atoms with van der Waals surface area (Å²) in [6, 6.07) is 0. The van der Waals surface area contributed by atoms with Crippen LogP contribution in [0.1, 0.15) is 27.7 Å². The summed E-state index contributed by atoms with van der Waals surface area (Å²) in [6.45, 7) is 7.32. The average Bonchev–Trinajstić information content (AvgIpc) is 2.25. The van der Waals surface area contributed by atoms with Crippen LogP contribution in [0.5, 0.6) is 0 Å². The Hall–Kier alpha value is -1.52. The van der Waals surface area contributed by atoms with Crippen LogP contribution in [0.3, 0.4) is 0 Å². The van der Waals surface area contributed by atoms with Crippen molar-refractivity contribution in [3.8, 4) is 0 Å². The molecule has 0 fully saturated rings. The summed E-state index contributed by atoms with van der Waals surface area (Å²) >= 11 is 0. The summed E-state index contributed by atoms with van der Waals surface area (Å²) in [5.41, 5.74) is 0.127. The number of ether oxygens (including phenoxy) is 3. The van der Waals surface area contributed by atoms with Gasteiger partial charge >= 0.3 is 11.9 Å². The van der Waals surface area contributed by atoms with Gasteiger partial charge in [0.25, 0.3) is 0 Å². The first-order chi connectivity index (χ1) is 7.58. The van der Waals surface area contributed by atoms with Crippen LogP contribution in [0.15, 0.2) is 11.3 Å². The normalized spacial score (nSPS) is 11.5. The maximum Gasteiger partial charge on any atom is 0.374 e. The molecule has 0 rings (SSSR count). The molecule has 0 aromatic carbocycles. The Kier molecular flexibility index (Phi) is 7.00. The van der Waals surface area contributed by atoms with E-state index in [9.17, 15) is 9.59 Å². The molecule has 0 aliphatic carbocycles. The highest BCUT2D eigenvalue weighted by Crippen LogP contribution is 2.10. The van der Waals surface area contributed by atoms with E-state index < -0.39 is 11.9 Å². The summed E-state index contributed by atoms with van der Waals surface area (Å²) in [5.74, 6) is -1.29. The van der Waals surface area contributed by atoms with Gasteiger partial charge in [-0.3, -0.25) is 0 Å². The van der Waals surface area contributed by atoms with E-state index in [2.05, 4.69) is 0 Å². The lowest BCUT2D eigenvalue weighted by Gasteiger charge is -2.10. The van der Waals surface area contributed by atoms with Crippen molar-refractivity contribution in [3.63, 3.8) is 0 Å². The Morgan fingerprint density at radius 2 is 1.25 bits per heavy atom. The Labute approximate surface area is 95.4 Å². The van der Waals surface area contributed by atoms with Gasteiger partial charge in [-0.1, -0.05) is 0 Å². The molecular formula is C11H18O5. The lowest BCUT2D eigenvalue weighted by Crippen LogP contribution is -2.17. The smallest absolute Gasteiger partial charge is 0.374 e. The van der Waals surface area contributed by atoms with Gasteiger partial charge in [-0.15, -0.1) is 0 Å². The van der Waals surface area contributed by atoms with Crippen molar-refractivity contribution in [2.24, 2.45) is 0 Å². The molecule has 0 aliphatic rings. The third-order valence-corrected chi connectivity index (χ3v) is 1.67. The van der Waals surface area contributed by atoms with Crippen LogP contribution < -0.4 is 0 Å².